The van der Waals surface area contributed by atoms with E-state index < -0.39 is 0 Å². The van der Waals surface area contributed by atoms with Crippen molar-refractivity contribution in [3.8, 4) is 0 Å². The van der Waals surface area contributed by atoms with Gasteiger partial charge in [0, 0.05) is 32.0 Å². The van der Waals surface area contributed by atoms with Gasteiger partial charge in [-0.1, -0.05) is 17.7 Å². The van der Waals surface area contributed by atoms with Gasteiger partial charge in [0.05, 0.1) is 0 Å². The normalized spacial score (nSPS) is 17.7. The number of rotatable bonds is 2. The van der Waals surface area contributed by atoms with Gasteiger partial charge in [-0.3, -0.25) is 0 Å². The van der Waals surface area contributed by atoms with Crippen LogP contribution < -0.4 is 4.90 Å². The lowest BCUT2D eigenvalue weighted by Crippen LogP contribution is -2.36. The van der Waals surface area contributed by atoms with Gasteiger partial charge in [-0.2, -0.15) is 0 Å². The minimum Gasteiger partial charge on any atom is -0.381 e. The second kappa shape index (κ2) is 4.67. The van der Waals surface area contributed by atoms with Crippen LogP contribution >= 0.6 is 0 Å². The van der Waals surface area contributed by atoms with Crippen LogP contribution in [0, 0.1) is 6.92 Å². The number of hydrogen-bond acceptors (Lipinski definition) is 2. The van der Waals surface area contributed by atoms with Crippen molar-refractivity contribution in [2.75, 3.05) is 25.2 Å². The molecule has 0 spiro atoms. The third-order valence-corrected chi connectivity index (χ3v) is 3.18. The zero-order valence-electron chi connectivity index (χ0n) is 9.57. The molecular weight excluding hydrogens is 186 g/mol. The quantitative estimate of drug-likeness (QED) is 0.736. The lowest BCUT2D eigenvalue weighted by atomic mass is 10.1. The molecule has 82 valence electrons. The van der Waals surface area contributed by atoms with Crippen LogP contribution in [0.5, 0.6) is 0 Å². The number of anilines is 1. The first-order valence-corrected chi connectivity index (χ1v) is 5.64. The fraction of sp³-hybridized carbons (Fsp3) is 0.538. The third-order valence-electron chi connectivity index (χ3n) is 3.18. The number of ether oxygens (including phenoxy) is 1. The SMILES string of the molecule is Cc1ccc(N(C)C2CCOCC2)cc1. The van der Waals surface area contributed by atoms with E-state index in [9.17, 15) is 0 Å². The van der Waals surface area contributed by atoms with Crippen LogP contribution in [-0.2, 0) is 4.74 Å². The smallest absolute Gasteiger partial charge is 0.0485 e. The molecular formula is C13H19NO. The predicted octanol–water partition coefficient (Wildman–Crippen LogP) is 2.61. The zero-order chi connectivity index (χ0) is 10.7. The highest BCUT2D eigenvalue weighted by Crippen LogP contribution is 2.21. The minimum absolute atomic E-state index is 0.640. The summed E-state index contributed by atoms with van der Waals surface area (Å²) in [4.78, 5) is 2.38. The van der Waals surface area contributed by atoms with Gasteiger partial charge in [-0.05, 0) is 31.9 Å². The maximum absolute atomic E-state index is 5.38. The molecule has 2 heteroatoms. The molecule has 0 saturated carbocycles. The van der Waals surface area contributed by atoms with Crippen LogP contribution in [0.1, 0.15) is 18.4 Å². The van der Waals surface area contributed by atoms with E-state index in [-0.39, 0.29) is 0 Å². The summed E-state index contributed by atoms with van der Waals surface area (Å²) in [6, 6.07) is 9.38. The maximum atomic E-state index is 5.38. The van der Waals surface area contributed by atoms with Crippen LogP contribution in [0.15, 0.2) is 24.3 Å². The van der Waals surface area contributed by atoms with E-state index in [0.29, 0.717) is 6.04 Å². The third kappa shape index (κ3) is 2.51. The molecule has 0 aromatic heterocycles. The van der Waals surface area contributed by atoms with E-state index >= 15 is 0 Å². The van der Waals surface area contributed by atoms with Crippen LogP contribution in [0.25, 0.3) is 0 Å². The van der Waals surface area contributed by atoms with Crippen molar-refractivity contribution in [1.82, 2.24) is 0 Å². The number of nitrogens with zero attached hydrogens (tertiary/aromatic N) is 1. The molecule has 1 fully saturated rings. The monoisotopic (exact) mass is 205 g/mol. The average molecular weight is 205 g/mol. The molecule has 0 atom stereocenters. The molecule has 1 heterocycles. The van der Waals surface area contributed by atoms with Crippen molar-refractivity contribution >= 4 is 5.69 Å². The van der Waals surface area contributed by atoms with Crippen LogP contribution in [0.3, 0.4) is 0 Å². The summed E-state index contributed by atoms with van der Waals surface area (Å²) < 4.78 is 5.38. The van der Waals surface area contributed by atoms with Gasteiger partial charge in [-0.25, -0.2) is 0 Å². The summed E-state index contributed by atoms with van der Waals surface area (Å²) >= 11 is 0. The van der Waals surface area contributed by atoms with Gasteiger partial charge in [0.15, 0.2) is 0 Å². The van der Waals surface area contributed by atoms with Crippen molar-refractivity contribution < 1.29 is 4.74 Å². The second-order valence-corrected chi connectivity index (χ2v) is 4.29. The molecule has 2 nitrogen and oxygen atoms in total. The Morgan fingerprint density at radius 1 is 1.13 bits per heavy atom. The fourth-order valence-corrected chi connectivity index (χ4v) is 2.06. The Morgan fingerprint density at radius 2 is 1.73 bits per heavy atom. The Kier molecular flexibility index (Phi) is 3.27. The molecule has 15 heavy (non-hydrogen) atoms. The summed E-state index contributed by atoms with van der Waals surface area (Å²) in [6.45, 7) is 3.93. The number of aryl methyl sites for hydroxylation is 1. The van der Waals surface area contributed by atoms with Crippen molar-refractivity contribution in [3.63, 3.8) is 0 Å². The molecule has 1 aromatic carbocycles. The van der Waals surface area contributed by atoms with Crippen molar-refractivity contribution in [3.05, 3.63) is 29.8 Å². The molecule has 0 radical (unpaired) electrons. The van der Waals surface area contributed by atoms with Gasteiger partial charge in [0.1, 0.15) is 0 Å². The van der Waals surface area contributed by atoms with Gasteiger partial charge >= 0.3 is 0 Å². The van der Waals surface area contributed by atoms with Gasteiger partial charge in [0.2, 0.25) is 0 Å². The lowest BCUT2D eigenvalue weighted by molar-refractivity contribution is 0.0855. The van der Waals surface area contributed by atoms with E-state index in [2.05, 4.69) is 43.1 Å². The highest BCUT2D eigenvalue weighted by Gasteiger charge is 2.18. The summed E-state index contributed by atoms with van der Waals surface area (Å²) in [7, 11) is 2.18. The highest BCUT2D eigenvalue weighted by molar-refractivity contribution is 5.47. The van der Waals surface area contributed by atoms with Crippen LogP contribution in [0.2, 0.25) is 0 Å². The average Bonchev–Trinajstić information content (AvgIpc) is 2.30. The van der Waals surface area contributed by atoms with Crippen LogP contribution in [-0.4, -0.2) is 26.3 Å². The largest absolute Gasteiger partial charge is 0.381 e. The van der Waals surface area contributed by atoms with E-state index in [1.165, 1.54) is 11.3 Å². The van der Waals surface area contributed by atoms with Crippen LogP contribution in [0.4, 0.5) is 5.69 Å². The first-order chi connectivity index (χ1) is 7.27. The molecule has 0 amide bonds. The Bertz CT molecular complexity index is 301. The van der Waals surface area contributed by atoms with E-state index in [4.69, 9.17) is 4.74 Å². The number of hydrogen-bond donors (Lipinski definition) is 0. The van der Waals surface area contributed by atoms with Crippen molar-refractivity contribution in [2.45, 2.75) is 25.8 Å². The van der Waals surface area contributed by atoms with E-state index in [0.717, 1.165) is 26.1 Å². The van der Waals surface area contributed by atoms with Gasteiger partial charge in [-0.15, -0.1) is 0 Å². The molecule has 0 aliphatic carbocycles. The first kappa shape index (κ1) is 10.5. The summed E-state index contributed by atoms with van der Waals surface area (Å²) in [6.07, 6.45) is 2.29. The fourth-order valence-electron chi connectivity index (χ4n) is 2.06. The summed E-state index contributed by atoms with van der Waals surface area (Å²) in [5.41, 5.74) is 2.63. The molecule has 1 aliphatic rings. The van der Waals surface area contributed by atoms with Crippen molar-refractivity contribution in [1.29, 1.82) is 0 Å². The molecule has 0 N–H and O–H groups in total. The summed E-state index contributed by atoms with van der Waals surface area (Å²) in [5.74, 6) is 0. The molecule has 0 bridgehead atoms. The Labute approximate surface area is 91.9 Å². The Morgan fingerprint density at radius 3 is 2.33 bits per heavy atom. The predicted molar refractivity (Wildman–Crippen MR) is 63.4 cm³/mol. The second-order valence-electron chi connectivity index (χ2n) is 4.29. The molecule has 2 rings (SSSR count). The molecule has 1 aromatic rings. The van der Waals surface area contributed by atoms with E-state index in [1.54, 1.807) is 0 Å². The maximum Gasteiger partial charge on any atom is 0.0485 e. The standard InChI is InChI=1S/C13H19NO/c1-11-3-5-12(6-4-11)14(2)13-7-9-15-10-8-13/h3-6,13H,7-10H2,1-2H3. The number of benzene rings is 1. The topological polar surface area (TPSA) is 12.5 Å². The first-order valence-electron chi connectivity index (χ1n) is 5.64. The lowest BCUT2D eigenvalue weighted by Gasteiger charge is -2.33. The highest BCUT2D eigenvalue weighted by atomic mass is 16.5. The Balaban J connectivity index is 2.05. The molecule has 1 saturated heterocycles. The molecule has 1 aliphatic heterocycles. The summed E-state index contributed by atoms with van der Waals surface area (Å²) in [5, 5.41) is 0. The van der Waals surface area contributed by atoms with Gasteiger partial charge < -0.3 is 9.64 Å². The van der Waals surface area contributed by atoms with Crippen molar-refractivity contribution in [2.24, 2.45) is 0 Å². The molecule has 0 unspecified atom stereocenters. The van der Waals surface area contributed by atoms with E-state index in [1.807, 2.05) is 0 Å². The Hall–Kier alpha value is -1.02. The minimum atomic E-state index is 0.640. The zero-order valence-corrected chi connectivity index (χ0v) is 9.57. The van der Waals surface area contributed by atoms with Gasteiger partial charge in [0.25, 0.3) is 0 Å².